The molecule has 70 valence electrons. The van der Waals surface area contributed by atoms with Crippen LogP contribution in [0, 0.1) is 14.9 Å². The van der Waals surface area contributed by atoms with Crippen molar-refractivity contribution in [3.8, 4) is 11.8 Å². The van der Waals surface area contributed by atoms with E-state index in [9.17, 15) is 0 Å². The van der Waals surface area contributed by atoms with Crippen molar-refractivity contribution in [2.45, 2.75) is 0 Å². The summed E-state index contributed by atoms with van der Waals surface area (Å²) in [5, 5.41) is 12.1. The summed E-state index contributed by atoms with van der Waals surface area (Å²) in [5.41, 5.74) is 0.596. The zero-order chi connectivity index (χ0) is 10.1. The van der Waals surface area contributed by atoms with E-state index < -0.39 is 0 Å². The van der Waals surface area contributed by atoms with Gasteiger partial charge >= 0.3 is 0 Å². The lowest BCUT2D eigenvalue weighted by Crippen LogP contribution is -1.87. The van der Waals surface area contributed by atoms with Gasteiger partial charge in [-0.25, -0.2) is 0 Å². The van der Waals surface area contributed by atoms with Crippen LogP contribution in [0.25, 0.3) is 10.1 Å². The molecule has 14 heavy (non-hydrogen) atoms. The van der Waals surface area contributed by atoms with E-state index in [1.165, 1.54) is 3.57 Å². The Morgan fingerprint density at radius 2 is 2.29 bits per heavy atom. The lowest BCUT2D eigenvalue weighted by molar-refractivity contribution is 0.419. The average Bonchev–Trinajstić information content (AvgIpc) is 2.59. The second-order valence-corrected chi connectivity index (χ2v) is 4.76. The topological polar surface area (TPSA) is 33.0 Å². The standard InChI is InChI=1S/C10H6INOS/c1-13-9-6(4-12)2-3-7-8(11)5-14-10(7)9/h2-3,5H,1H3. The Hall–Kier alpha value is -0.800. The van der Waals surface area contributed by atoms with Gasteiger partial charge < -0.3 is 4.74 Å². The molecule has 0 aliphatic carbocycles. The van der Waals surface area contributed by atoms with Gasteiger partial charge in [-0.1, -0.05) is 6.07 Å². The van der Waals surface area contributed by atoms with Crippen LogP contribution in [0.5, 0.6) is 5.75 Å². The minimum absolute atomic E-state index is 0.596. The first-order valence-corrected chi connectivity index (χ1v) is 5.87. The van der Waals surface area contributed by atoms with E-state index >= 15 is 0 Å². The average molecular weight is 315 g/mol. The lowest BCUT2D eigenvalue weighted by atomic mass is 10.2. The number of fused-ring (bicyclic) bond motifs is 1. The predicted octanol–water partition coefficient (Wildman–Crippen LogP) is 3.39. The first kappa shape index (κ1) is 9.74. The van der Waals surface area contributed by atoms with Gasteiger partial charge in [-0.05, 0) is 28.7 Å². The zero-order valence-electron chi connectivity index (χ0n) is 7.37. The molecule has 1 aromatic heterocycles. The van der Waals surface area contributed by atoms with Gasteiger partial charge in [-0.3, -0.25) is 0 Å². The van der Waals surface area contributed by atoms with Crippen LogP contribution >= 0.6 is 33.9 Å². The number of thiophene rings is 1. The highest BCUT2D eigenvalue weighted by molar-refractivity contribution is 14.1. The maximum Gasteiger partial charge on any atom is 0.154 e. The molecule has 0 amide bonds. The Bertz CT molecular complexity index is 527. The number of rotatable bonds is 1. The van der Waals surface area contributed by atoms with Gasteiger partial charge in [0.1, 0.15) is 6.07 Å². The Kier molecular flexibility index (Phi) is 2.61. The van der Waals surface area contributed by atoms with E-state index in [1.54, 1.807) is 24.5 Å². The maximum atomic E-state index is 8.89. The van der Waals surface area contributed by atoms with Gasteiger partial charge in [-0.15, -0.1) is 11.3 Å². The molecular formula is C10H6INOS. The second-order valence-electron chi connectivity index (χ2n) is 2.72. The summed E-state index contributed by atoms with van der Waals surface area (Å²) in [4.78, 5) is 0. The fraction of sp³-hybridized carbons (Fsp3) is 0.100. The number of nitriles is 1. The molecule has 0 aliphatic rings. The van der Waals surface area contributed by atoms with Crippen molar-refractivity contribution in [2.24, 2.45) is 0 Å². The Labute approximate surface area is 99.3 Å². The predicted molar refractivity (Wildman–Crippen MR) is 65.8 cm³/mol. The fourth-order valence-corrected chi connectivity index (χ4v) is 3.30. The first-order chi connectivity index (χ1) is 6.77. The smallest absolute Gasteiger partial charge is 0.154 e. The van der Waals surface area contributed by atoms with Crippen molar-refractivity contribution >= 4 is 44.0 Å². The summed E-state index contributed by atoms with van der Waals surface area (Å²) in [6.07, 6.45) is 0. The van der Waals surface area contributed by atoms with E-state index in [4.69, 9.17) is 10.00 Å². The van der Waals surface area contributed by atoms with E-state index in [0.29, 0.717) is 11.3 Å². The van der Waals surface area contributed by atoms with Gasteiger partial charge in [0.25, 0.3) is 0 Å². The van der Waals surface area contributed by atoms with Crippen LogP contribution < -0.4 is 4.74 Å². The minimum atomic E-state index is 0.596. The fourth-order valence-electron chi connectivity index (χ4n) is 1.33. The van der Waals surface area contributed by atoms with Crippen LogP contribution in [0.1, 0.15) is 5.56 Å². The molecule has 0 saturated carbocycles. The summed E-state index contributed by atoms with van der Waals surface area (Å²) >= 11 is 3.89. The molecule has 0 radical (unpaired) electrons. The highest BCUT2D eigenvalue weighted by atomic mass is 127. The lowest BCUT2D eigenvalue weighted by Gasteiger charge is -2.03. The zero-order valence-corrected chi connectivity index (χ0v) is 10.3. The summed E-state index contributed by atoms with van der Waals surface area (Å²) in [5.74, 6) is 0.693. The van der Waals surface area contributed by atoms with Crippen LogP contribution in [0.15, 0.2) is 17.5 Å². The molecule has 0 saturated heterocycles. The number of methoxy groups -OCH3 is 1. The summed E-state index contributed by atoms with van der Waals surface area (Å²) in [6, 6.07) is 5.90. The van der Waals surface area contributed by atoms with Crippen LogP contribution in [0.4, 0.5) is 0 Å². The van der Waals surface area contributed by atoms with E-state index in [-0.39, 0.29) is 0 Å². The molecule has 4 heteroatoms. The highest BCUT2D eigenvalue weighted by Gasteiger charge is 2.11. The second kappa shape index (κ2) is 3.75. The van der Waals surface area contributed by atoms with Gasteiger partial charge in [0.15, 0.2) is 5.75 Å². The molecule has 0 atom stereocenters. The number of halogens is 1. The van der Waals surface area contributed by atoms with Crippen molar-refractivity contribution in [2.75, 3.05) is 7.11 Å². The molecule has 2 aromatic rings. The van der Waals surface area contributed by atoms with E-state index in [1.807, 2.05) is 6.07 Å². The third kappa shape index (κ3) is 1.37. The van der Waals surface area contributed by atoms with Gasteiger partial charge in [0, 0.05) is 14.3 Å². The molecule has 1 heterocycles. The summed E-state index contributed by atoms with van der Waals surface area (Å²) in [7, 11) is 1.60. The van der Waals surface area contributed by atoms with E-state index in [0.717, 1.165) is 10.1 Å². The summed E-state index contributed by atoms with van der Waals surface area (Å²) in [6.45, 7) is 0. The van der Waals surface area contributed by atoms with Crippen molar-refractivity contribution < 1.29 is 4.74 Å². The molecule has 0 spiro atoms. The third-order valence-corrected chi connectivity index (χ3v) is 4.28. The van der Waals surface area contributed by atoms with Crippen molar-refractivity contribution in [3.05, 3.63) is 26.6 Å². The van der Waals surface area contributed by atoms with E-state index in [2.05, 4.69) is 34.0 Å². The number of hydrogen-bond donors (Lipinski definition) is 0. The molecule has 1 aromatic carbocycles. The van der Waals surface area contributed by atoms with Crippen LogP contribution in [-0.4, -0.2) is 7.11 Å². The number of ether oxygens (including phenoxy) is 1. The van der Waals surface area contributed by atoms with Crippen molar-refractivity contribution in [3.63, 3.8) is 0 Å². The maximum absolute atomic E-state index is 8.89. The first-order valence-electron chi connectivity index (χ1n) is 3.91. The SMILES string of the molecule is COc1c(C#N)ccc2c(I)csc12. The Balaban J connectivity index is 2.86. The normalized spacial score (nSPS) is 10.1. The molecule has 0 N–H and O–H groups in total. The molecule has 0 fully saturated rings. The van der Waals surface area contributed by atoms with Crippen LogP contribution in [-0.2, 0) is 0 Å². The number of benzene rings is 1. The molecular weight excluding hydrogens is 309 g/mol. The molecule has 0 unspecified atom stereocenters. The minimum Gasteiger partial charge on any atom is -0.494 e. The Morgan fingerprint density at radius 3 is 2.93 bits per heavy atom. The monoisotopic (exact) mass is 315 g/mol. The molecule has 2 rings (SSSR count). The quantitative estimate of drug-likeness (QED) is 0.756. The highest BCUT2D eigenvalue weighted by Crippen LogP contribution is 2.36. The summed E-state index contributed by atoms with van der Waals surface area (Å²) < 4.78 is 7.50. The number of nitrogens with zero attached hydrogens (tertiary/aromatic N) is 1. The molecule has 0 aliphatic heterocycles. The van der Waals surface area contributed by atoms with Crippen molar-refractivity contribution in [1.82, 2.24) is 0 Å². The van der Waals surface area contributed by atoms with Gasteiger partial charge in [0.2, 0.25) is 0 Å². The third-order valence-electron chi connectivity index (χ3n) is 1.97. The molecule has 0 bridgehead atoms. The largest absolute Gasteiger partial charge is 0.494 e. The molecule has 2 nitrogen and oxygen atoms in total. The van der Waals surface area contributed by atoms with Crippen LogP contribution in [0.3, 0.4) is 0 Å². The Morgan fingerprint density at radius 1 is 1.50 bits per heavy atom. The van der Waals surface area contributed by atoms with Crippen LogP contribution in [0.2, 0.25) is 0 Å². The van der Waals surface area contributed by atoms with Gasteiger partial charge in [-0.2, -0.15) is 5.26 Å². The number of hydrogen-bond acceptors (Lipinski definition) is 3. The van der Waals surface area contributed by atoms with Crippen molar-refractivity contribution in [1.29, 1.82) is 5.26 Å². The van der Waals surface area contributed by atoms with Gasteiger partial charge in [0.05, 0.1) is 17.4 Å².